The van der Waals surface area contributed by atoms with Crippen molar-refractivity contribution < 1.29 is 32.5 Å². The summed E-state index contributed by atoms with van der Waals surface area (Å²) in [6.45, 7) is 0. The number of nitrogens with two attached hydrogens (primary N) is 2. The Morgan fingerprint density at radius 3 is 1.40 bits per heavy atom. The first-order chi connectivity index (χ1) is 1.73. The van der Waals surface area contributed by atoms with E-state index in [9.17, 15) is 0 Å². The van der Waals surface area contributed by atoms with Crippen molar-refractivity contribution in [3.8, 4) is 0 Å². The van der Waals surface area contributed by atoms with E-state index in [1.807, 2.05) is 0 Å². The summed E-state index contributed by atoms with van der Waals surface area (Å²) in [5.74, 6) is 0. The zero-order valence-corrected chi connectivity index (χ0v) is 8.27. The van der Waals surface area contributed by atoms with Crippen molar-refractivity contribution in [2.24, 2.45) is 11.5 Å². The van der Waals surface area contributed by atoms with Crippen LogP contribution in [0.5, 0.6) is 0 Å². The van der Waals surface area contributed by atoms with E-state index < -0.39 is 6.03 Å². The first kappa shape index (κ1) is 8.96. The molecule has 0 atom stereocenters. The fraction of sp³-hybridized carbons (Fsp3) is 0. The largest absolute Gasteiger partial charge is 0.352 e. The number of urea groups is 1. The van der Waals surface area contributed by atoms with E-state index in [0.717, 1.165) is 0 Å². The molecule has 0 spiro atoms. The minimum atomic E-state index is -0.833. The van der Waals surface area contributed by atoms with Crippen molar-refractivity contribution in [3.63, 3.8) is 0 Å². The second-order valence-corrected chi connectivity index (χ2v) is 0.402. The molecule has 0 aromatic carbocycles. The average molecular weight is 261 g/mol. The number of primary amides is 2. The predicted molar refractivity (Wildman–Crippen MR) is 13.8 cm³/mol. The van der Waals surface area contributed by atoms with Crippen molar-refractivity contribution in [2.45, 2.75) is 0 Å². The number of carbonyl (C=O) groups excluding carboxylic acids is 1. The van der Waals surface area contributed by atoms with Crippen molar-refractivity contribution in [2.75, 3.05) is 0 Å². The molecule has 0 saturated carbocycles. The Bertz CT molecular complexity index is 32.6. The summed E-state index contributed by atoms with van der Waals surface area (Å²) in [7, 11) is 0. The minimum absolute atomic E-state index is 0. The van der Waals surface area contributed by atoms with Crippen LogP contribution in [-0.2, 0) is 27.7 Å². The number of amides is 2. The number of hydrogen-bond acceptors (Lipinski definition) is 1. The van der Waals surface area contributed by atoms with Crippen LogP contribution >= 0.6 is 0 Å². The van der Waals surface area contributed by atoms with E-state index >= 15 is 0 Å². The van der Waals surface area contributed by atoms with Gasteiger partial charge in [0.05, 0.1) is 0 Å². The topological polar surface area (TPSA) is 69.1 Å². The van der Waals surface area contributed by atoms with E-state index in [1.54, 1.807) is 0 Å². The van der Waals surface area contributed by atoms with Crippen LogP contribution in [0.25, 0.3) is 0 Å². The molecule has 2 amide bonds. The molecule has 0 heterocycles. The van der Waals surface area contributed by atoms with Gasteiger partial charge in [-0.25, -0.2) is 4.79 Å². The van der Waals surface area contributed by atoms with Gasteiger partial charge in [-0.1, -0.05) is 0 Å². The van der Waals surface area contributed by atoms with Gasteiger partial charge in [0.15, 0.2) is 0 Å². The number of carbonyl (C=O) groups is 1. The second kappa shape index (κ2) is 4.21. The summed E-state index contributed by atoms with van der Waals surface area (Å²) in [5.41, 5.74) is 8.50. The fourth-order valence-corrected chi connectivity index (χ4v) is 0. The van der Waals surface area contributed by atoms with Crippen LogP contribution in [0.1, 0.15) is 0 Å². The van der Waals surface area contributed by atoms with Crippen molar-refractivity contribution >= 4 is 6.03 Å². The summed E-state index contributed by atoms with van der Waals surface area (Å²) in [5, 5.41) is 0. The standard InChI is InChI=1S/CH4N2O.Hg/c2-1(3)4;/h(H4,2,3,4);. The van der Waals surface area contributed by atoms with E-state index in [2.05, 4.69) is 11.5 Å². The smallest absolute Gasteiger partial charge is 0.309 e. The maximum absolute atomic E-state index is 9.00. The summed E-state index contributed by atoms with van der Waals surface area (Å²) in [6.07, 6.45) is 0. The summed E-state index contributed by atoms with van der Waals surface area (Å²) in [6, 6.07) is -0.833. The molecule has 0 bridgehead atoms. The van der Waals surface area contributed by atoms with Crippen molar-refractivity contribution in [1.82, 2.24) is 0 Å². The maximum Gasteiger partial charge on any atom is 0.309 e. The Kier molecular flexibility index (Phi) is 7.54. The molecule has 0 fully saturated rings. The number of rotatable bonds is 0. The van der Waals surface area contributed by atoms with Crippen LogP contribution in [0.2, 0.25) is 0 Å². The summed E-state index contributed by atoms with van der Waals surface area (Å²) >= 11 is 0. The average Bonchev–Trinajstić information content (AvgIpc) is 0.811. The molecule has 0 saturated heterocycles. The van der Waals surface area contributed by atoms with E-state index in [1.165, 1.54) is 0 Å². The molecule has 0 aromatic heterocycles. The van der Waals surface area contributed by atoms with Gasteiger partial charge in [-0.3, -0.25) is 0 Å². The minimum Gasteiger partial charge on any atom is -0.352 e. The van der Waals surface area contributed by atoms with Crippen LogP contribution < -0.4 is 11.5 Å². The monoisotopic (exact) mass is 262 g/mol. The first-order valence-corrected chi connectivity index (χ1v) is 0.781. The van der Waals surface area contributed by atoms with Crippen LogP contribution in [-0.4, -0.2) is 6.03 Å². The van der Waals surface area contributed by atoms with Gasteiger partial charge in [-0.2, -0.15) is 0 Å². The molecule has 0 aromatic rings. The molecule has 0 rings (SSSR count). The van der Waals surface area contributed by atoms with Gasteiger partial charge in [0.1, 0.15) is 0 Å². The third-order valence-corrected chi connectivity index (χ3v) is 0. The van der Waals surface area contributed by atoms with E-state index in [4.69, 9.17) is 4.79 Å². The van der Waals surface area contributed by atoms with Gasteiger partial charge in [0.2, 0.25) is 0 Å². The molecule has 26 valence electrons. The molecule has 4 heteroatoms. The summed E-state index contributed by atoms with van der Waals surface area (Å²) < 4.78 is 0. The quantitative estimate of drug-likeness (QED) is 0.540. The van der Waals surface area contributed by atoms with Gasteiger partial charge in [-0.15, -0.1) is 0 Å². The van der Waals surface area contributed by atoms with Crippen LogP contribution in [0.4, 0.5) is 4.79 Å². The molecule has 0 aliphatic heterocycles. The predicted octanol–water partition coefficient (Wildman–Crippen LogP) is -0.979. The van der Waals surface area contributed by atoms with Crippen molar-refractivity contribution in [1.29, 1.82) is 0 Å². The van der Waals surface area contributed by atoms with Gasteiger partial charge in [0.25, 0.3) is 0 Å². The molecule has 5 heavy (non-hydrogen) atoms. The Balaban J connectivity index is 0. The second-order valence-electron chi connectivity index (χ2n) is 0.402. The van der Waals surface area contributed by atoms with Gasteiger partial charge >= 0.3 is 6.03 Å². The first-order valence-electron chi connectivity index (χ1n) is 0.781. The molecule has 4 N–H and O–H groups in total. The van der Waals surface area contributed by atoms with Gasteiger partial charge in [0, 0.05) is 27.7 Å². The Labute approximate surface area is 50.2 Å². The third-order valence-electron chi connectivity index (χ3n) is 0. The molecule has 0 aliphatic rings. The van der Waals surface area contributed by atoms with Gasteiger partial charge in [-0.05, 0) is 0 Å². The van der Waals surface area contributed by atoms with Crippen molar-refractivity contribution in [3.05, 3.63) is 0 Å². The molecule has 0 unspecified atom stereocenters. The molecule has 3 nitrogen and oxygen atoms in total. The molecule has 0 radical (unpaired) electrons. The maximum atomic E-state index is 9.00. The summed E-state index contributed by atoms with van der Waals surface area (Å²) in [4.78, 5) is 9.00. The third kappa shape index (κ3) is 486. The molecule has 0 aliphatic carbocycles. The Morgan fingerprint density at radius 1 is 1.40 bits per heavy atom. The van der Waals surface area contributed by atoms with Crippen LogP contribution in [0, 0.1) is 0 Å². The Morgan fingerprint density at radius 2 is 1.40 bits per heavy atom. The SMILES string of the molecule is NC(N)=O.[Hg]. The van der Waals surface area contributed by atoms with E-state index in [-0.39, 0.29) is 27.7 Å². The zero-order chi connectivity index (χ0) is 3.58. The molecular formula is CH4HgN2O. The molecular weight excluding hydrogens is 257 g/mol. The number of hydrogen-bond donors (Lipinski definition) is 2. The van der Waals surface area contributed by atoms with Gasteiger partial charge < -0.3 is 11.5 Å². The van der Waals surface area contributed by atoms with E-state index in [0.29, 0.717) is 0 Å². The fourth-order valence-electron chi connectivity index (χ4n) is 0. The Hall–Kier alpha value is 0.205. The van der Waals surface area contributed by atoms with Crippen LogP contribution in [0.3, 0.4) is 0 Å². The normalized spacial score (nSPS) is 4.80. The zero-order valence-electron chi connectivity index (χ0n) is 2.77. The van der Waals surface area contributed by atoms with Crippen LogP contribution in [0.15, 0.2) is 0 Å².